The van der Waals surface area contributed by atoms with Gasteiger partial charge in [-0.15, -0.1) is 10.2 Å². The first-order chi connectivity index (χ1) is 11.2. The Labute approximate surface area is 135 Å². The fraction of sp³-hybridized carbons (Fsp3) is 0.444. The molecule has 0 aliphatic carbocycles. The minimum Gasteiger partial charge on any atom is -0.364 e. The van der Waals surface area contributed by atoms with Crippen molar-refractivity contribution in [1.29, 1.82) is 0 Å². The van der Waals surface area contributed by atoms with Crippen molar-refractivity contribution in [3.05, 3.63) is 42.2 Å². The summed E-state index contributed by atoms with van der Waals surface area (Å²) in [6.07, 6.45) is 2.53. The van der Waals surface area contributed by atoms with Crippen LogP contribution in [0.1, 0.15) is 19.8 Å². The highest BCUT2D eigenvalue weighted by molar-refractivity contribution is 5.59. The van der Waals surface area contributed by atoms with E-state index in [4.69, 9.17) is 0 Å². The molecule has 5 heteroatoms. The van der Waals surface area contributed by atoms with Crippen LogP contribution in [0, 0.1) is 11.7 Å². The molecule has 1 aromatic heterocycles. The van der Waals surface area contributed by atoms with Crippen molar-refractivity contribution in [2.75, 3.05) is 18.4 Å². The van der Waals surface area contributed by atoms with Gasteiger partial charge in [-0.3, -0.25) is 4.90 Å². The number of rotatable bonds is 3. The van der Waals surface area contributed by atoms with Gasteiger partial charge in [0.2, 0.25) is 0 Å². The van der Waals surface area contributed by atoms with Crippen molar-refractivity contribution in [3.8, 4) is 11.3 Å². The normalized spacial score (nSPS) is 29.5. The van der Waals surface area contributed by atoms with Crippen LogP contribution in [0.3, 0.4) is 0 Å². The Morgan fingerprint density at radius 3 is 2.39 bits per heavy atom. The van der Waals surface area contributed by atoms with Gasteiger partial charge in [-0.2, -0.15) is 0 Å². The van der Waals surface area contributed by atoms with E-state index in [1.807, 2.05) is 12.1 Å². The summed E-state index contributed by atoms with van der Waals surface area (Å²) in [6.45, 7) is 4.74. The molecule has 4 nitrogen and oxygen atoms in total. The van der Waals surface area contributed by atoms with Gasteiger partial charge in [0.05, 0.1) is 5.69 Å². The van der Waals surface area contributed by atoms with E-state index in [-0.39, 0.29) is 5.82 Å². The number of hydrogen-bond donors (Lipinski definition) is 1. The van der Waals surface area contributed by atoms with Crippen LogP contribution < -0.4 is 5.32 Å². The van der Waals surface area contributed by atoms with E-state index in [0.717, 1.165) is 23.0 Å². The van der Waals surface area contributed by atoms with E-state index in [2.05, 4.69) is 27.3 Å². The number of hydrogen-bond acceptors (Lipinski definition) is 4. The minimum absolute atomic E-state index is 0.240. The molecule has 120 valence electrons. The number of aromatic nitrogens is 2. The Bertz CT molecular complexity index is 660. The molecular formula is C18H21FN4. The lowest BCUT2D eigenvalue weighted by atomic mass is 9.79. The average Bonchev–Trinajstić information content (AvgIpc) is 2.60. The van der Waals surface area contributed by atoms with Gasteiger partial charge in [0.25, 0.3) is 0 Å². The zero-order valence-electron chi connectivity index (χ0n) is 13.2. The van der Waals surface area contributed by atoms with Crippen molar-refractivity contribution in [2.45, 2.75) is 31.8 Å². The molecule has 3 aliphatic heterocycles. The number of piperidine rings is 3. The largest absolute Gasteiger partial charge is 0.364 e. The lowest BCUT2D eigenvalue weighted by molar-refractivity contribution is 0.0457. The second kappa shape index (κ2) is 5.89. The highest BCUT2D eigenvalue weighted by atomic mass is 19.1. The van der Waals surface area contributed by atoms with Gasteiger partial charge >= 0.3 is 0 Å². The Hall–Kier alpha value is -2.01. The van der Waals surface area contributed by atoms with Gasteiger partial charge < -0.3 is 5.32 Å². The molecule has 2 atom stereocenters. The molecule has 0 amide bonds. The molecule has 2 unspecified atom stereocenters. The van der Waals surface area contributed by atoms with Crippen molar-refractivity contribution in [1.82, 2.24) is 15.1 Å². The van der Waals surface area contributed by atoms with Crippen molar-refractivity contribution in [2.24, 2.45) is 5.92 Å². The fourth-order valence-electron chi connectivity index (χ4n) is 3.90. The first-order valence-corrected chi connectivity index (χ1v) is 8.31. The van der Waals surface area contributed by atoms with E-state index in [1.165, 1.54) is 38.1 Å². The van der Waals surface area contributed by atoms with Gasteiger partial charge in [0, 0.05) is 17.6 Å². The summed E-state index contributed by atoms with van der Waals surface area (Å²) in [4.78, 5) is 2.55. The summed E-state index contributed by atoms with van der Waals surface area (Å²) in [7, 11) is 0. The minimum atomic E-state index is -0.240. The van der Waals surface area contributed by atoms with Gasteiger partial charge in [-0.05, 0) is 75.2 Å². The first kappa shape index (κ1) is 14.6. The number of anilines is 1. The quantitative estimate of drug-likeness (QED) is 0.945. The van der Waals surface area contributed by atoms with E-state index in [0.29, 0.717) is 12.1 Å². The molecule has 0 radical (unpaired) electrons. The Kier molecular flexibility index (Phi) is 3.73. The molecule has 0 spiro atoms. The average molecular weight is 312 g/mol. The second-order valence-electron chi connectivity index (χ2n) is 6.59. The molecular weight excluding hydrogens is 291 g/mol. The highest BCUT2D eigenvalue weighted by Gasteiger charge is 2.39. The molecule has 1 aromatic carbocycles. The number of halogens is 1. The molecule has 5 rings (SSSR count). The third kappa shape index (κ3) is 2.81. The summed E-state index contributed by atoms with van der Waals surface area (Å²) >= 11 is 0. The van der Waals surface area contributed by atoms with Crippen LogP contribution in [-0.2, 0) is 0 Å². The fourth-order valence-corrected chi connectivity index (χ4v) is 3.90. The third-order valence-corrected chi connectivity index (χ3v) is 5.30. The Morgan fingerprint density at radius 1 is 1.04 bits per heavy atom. The van der Waals surface area contributed by atoms with E-state index in [9.17, 15) is 4.39 Å². The molecule has 2 aromatic rings. The van der Waals surface area contributed by atoms with Crippen molar-refractivity contribution >= 4 is 5.82 Å². The summed E-state index contributed by atoms with van der Waals surface area (Å²) < 4.78 is 13.0. The maximum absolute atomic E-state index is 13.0. The number of nitrogens with one attached hydrogen (secondary N) is 1. The lowest BCUT2D eigenvalue weighted by Crippen LogP contribution is -2.59. The summed E-state index contributed by atoms with van der Waals surface area (Å²) in [5.41, 5.74) is 1.64. The van der Waals surface area contributed by atoms with Crippen LogP contribution in [0.15, 0.2) is 36.4 Å². The number of benzene rings is 1. The molecule has 3 saturated heterocycles. The van der Waals surface area contributed by atoms with Gasteiger partial charge in [-0.1, -0.05) is 0 Å². The van der Waals surface area contributed by atoms with Gasteiger partial charge in [0.1, 0.15) is 11.6 Å². The van der Waals surface area contributed by atoms with Gasteiger partial charge in [-0.25, -0.2) is 4.39 Å². The molecule has 4 heterocycles. The molecule has 3 fully saturated rings. The SMILES string of the molecule is CC1C(Nc2ccc(-c3ccc(F)cc3)nn2)C2CCN1CC2. The van der Waals surface area contributed by atoms with E-state index < -0.39 is 0 Å². The van der Waals surface area contributed by atoms with Crippen LogP contribution >= 0.6 is 0 Å². The van der Waals surface area contributed by atoms with E-state index in [1.54, 1.807) is 12.1 Å². The van der Waals surface area contributed by atoms with Crippen LogP contribution in [-0.4, -0.2) is 40.3 Å². The number of fused-ring (bicyclic) bond motifs is 3. The summed E-state index contributed by atoms with van der Waals surface area (Å²) in [6, 6.07) is 11.2. The molecule has 2 bridgehead atoms. The number of nitrogens with zero attached hydrogens (tertiary/aromatic N) is 3. The molecule has 23 heavy (non-hydrogen) atoms. The molecule has 1 N–H and O–H groups in total. The monoisotopic (exact) mass is 312 g/mol. The maximum atomic E-state index is 13.0. The van der Waals surface area contributed by atoms with Crippen LogP contribution in [0.2, 0.25) is 0 Å². The predicted octanol–water partition coefficient (Wildman–Crippen LogP) is 3.18. The lowest BCUT2D eigenvalue weighted by Gasteiger charge is -2.50. The summed E-state index contributed by atoms with van der Waals surface area (Å²) in [5.74, 6) is 1.31. The zero-order valence-corrected chi connectivity index (χ0v) is 13.2. The molecule has 3 aliphatic rings. The van der Waals surface area contributed by atoms with Crippen molar-refractivity contribution in [3.63, 3.8) is 0 Å². The van der Waals surface area contributed by atoms with E-state index >= 15 is 0 Å². The van der Waals surface area contributed by atoms with Crippen molar-refractivity contribution < 1.29 is 4.39 Å². The standard InChI is InChI=1S/C18H21FN4/c1-12-18(14-8-10-23(12)11-9-14)20-17-7-6-16(21-22-17)13-2-4-15(19)5-3-13/h2-7,12,14,18H,8-11H2,1H3,(H,20,22). The molecule has 0 saturated carbocycles. The second-order valence-corrected chi connectivity index (χ2v) is 6.59. The predicted molar refractivity (Wildman–Crippen MR) is 88.6 cm³/mol. The van der Waals surface area contributed by atoms with Gasteiger partial charge in [0.15, 0.2) is 0 Å². The topological polar surface area (TPSA) is 41.1 Å². The highest BCUT2D eigenvalue weighted by Crippen LogP contribution is 2.33. The summed E-state index contributed by atoms with van der Waals surface area (Å²) in [5, 5.41) is 12.2. The zero-order chi connectivity index (χ0) is 15.8. The Balaban J connectivity index is 1.49. The van der Waals surface area contributed by atoms with Crippen LogP contribution in [0.4, 0.5) is 10.2 Å². The first-order valence-electron chi connectivity index (χ1n) is 8.31. The smallest absolute Gasteiger partial charge is 0.148 e. The maximum Gasteiger partial charge on any atom is 0.148 e. The Morgan fingerprint density at radius 2 is 1.78 bits per heavy atom. The third-order valence-electron chi connectivity index (χ3n) is 5.30. The van der Waals surface area contributed by atoms with Crippen LogP contribution in [0.25, 0.3) is 11.3 Å². The van der Waals surface area contributed by atoms with Crippen LogP contribution in [0.5, 0.6) is 0 Å².